The smallest absolute Gasteiger partial charge is 0.430 e. The summed E-state index contributed by atoms with van der Waals surface area (Å²) in [7, 11) is 0. The van der Waals surface area contributed by atoms with E-state index >= 15 is 0 Å². The number of rotatable bonds is 3. The molecular formula is C20H14ClF6N5O3. The predicted molar refractivity (Wildman–Crippen MR) is 108 cm³/mol. The fraction of sp³-hybridized carbons (Fsp3) is 0.400. The molecule has 0 radical (unpaired) electrons. The van der Waals surface area contributed by atoms with Crippen LogP contribution in [0.15, 0.2) is 18.2 Å². The molecule has 5 rings (SSSR count). The van der Waals surface area contributed by atoms with Crippen LogP contribution in [-0.4, -0.2) is 45.3 Å². The molecule has 15 heteroatoms. The quantitative estimate of drug-likeness (QED) is 0.380. The number of halogens is 7. The third-order valence-electron chi connectivity index (χ3n) is 5.74. The van der Waals surface area contributed by atoms with Crippen molar-refractivity contribution in [1.82, 2.24) is 19.9 Å². The maximum absolute atomic E-state index is 13.4. The van der Waals surface area contributed by atoms with E-state index in [9.17, 15) is 31.1 Å². The molecule has 1 saturated heterocycles. The van der Waals surface area contributed by atoms with Crippen molar-refractivity contribution in [1.29, 1.82) is 0 Å². The topological polar surface area (TPSA) is 93.2 Å². The van der Waals surface area contributed by atoms with E-state index in [0.717, 1.165) is 10.9 Å². The lowest BCUT2D eigenvalue weighted by molar-refractivity contribution is -0.155. The van der Waals surface area contributed by atoms with Crippen LogP contribution in [0.25, 0.3) is 10.9 Å². The van der Waals surface area contributed by atoms with Gasteiger partial charge in [-0.1, -0.05) is 11.6 Å². The van der Waals surface area contributed by atoms with Gasteiger partial charge >= 0.3 is 18.5 Å². The molecule has 2 aromatic heterocycles. The van der Waals surface area contributed by atoms with Crippen LogP contribution in [0, 0.1) is 0 Å². The minimum absolute atomic E-state index is 0.00627. The van der Waals surface area contributed by atoms with Gasteiger partial charge in [-0.2, -0.15) is 36.3 Å². The van der Waals surface area contributed by atoms with Crippen molar-refractivity contribution in [3.05, 3.63) is 46.1 Å². The van der Waals surface area contributed by atoms with E-state index in [2.05, 4.69) is 19.9 Å². The Labute approximate surface area is 197 Å². The minimum Gasteiger partial charge on any atom is -0.430 e. The average molecular weight is 522 g/mol. The molecular weight excluding hydrogens is 508 g/mol. The number of fused-ring (bicyclic) bond motifs is 3. The Hall–Kier alpha value is -3.29. The fourth-order valence-corrected chi connectivity index (χ4v) is 4.47. The van der Waals surface area contributed by atoms with E-state index in [1.54, 1.807) is 18.2 Å². The second kappa shape index (κ2) is 8.14. The molecule has 4 heterocycles. The summed E-state index contributed by atoms with van der Waals surface area (Å²) in [5.41, 5.74) is 1.97. The Balaban J connectivity index is 1.64. The van der Waals surface area contributed by atoms with Crippen molar-refractivity contribution in [2.75, 3.05) is 18.1 Å². The molecule has 0 unspecified atom stereocenters. The molecule has 3 aromatic rings. The zero-order chi connectivity index (χ0) is 25.1. The molecule has 0 aliphatic carbocycles. The van der Waals surface area contributed by atoms with Crippen molar-refractivity contribution >= 4 is 34.6 Å². The Morgan fingerprint density at radius 2 is 1.77 bits per heavy atom. The van der Waals surface area contributed by atoms with E-state index in [0.29, 0.717) is 16.2 Å². The van der Waals surface area contributed by atoms with Gasteiger partial charge in [0.25, 0.3) is 0 Å². The van der Waals surface area contributed by atoms with Gasteiger partial charge in [-0.25, -0.2) is 9.78 Å². The Morgan fingerprint density at radius 3 is 2.37 bits per heavy atom. The summed E-state index contributed by atoms with van der Waals surface area (Å²) >= 11 is 6.11. The van der Waals surface area contributed by atoms with Crippen LogP contribution in [0.2, 0.25) is 5.02 Å². The molecule has 2 atom stereocenters. The minimum atomic E-state index is -5.24. The number of aromatic nitrogens is 4. The van der Waals surface area contributed by atoms with Gasteiger partial charge in [0.15, 0.2) is 0 Å². The van der Waals surface area contributed by atoms with Crippen LogP contribution in [0.1, 0.15) is 35.4 Å². The third-order valence-corrected chi connectivity index (χ3v) is 5.97. The number of anilines is 1. The molecule has 186 valence electrons. The van der Waals surface area contributed by atoms with E-state index in [1.165, 1.54) is 4.90 Å². The zero-order valence-electron chi connectivity index (χ0n) is 17.4. The monoisotopic (exact) mass is 521 g/mol. The number of carbonyl (C=O) groups is 1. The standard InChI is InChI=1S/C20H14ClF6N5O3/c21-8-1-2-12-11(5-8)10-3-4-32(13(14(10)28-12)6-9-7-34-18(33)35-9)17-30-15(19(22,23)24)29-16(31-17)20(25,26)27/h1-2,5,9,13,28H,3-4,6-7H2/t9-,13-/m1/s1. The third kappa shape index (κ3) is 4.42. The number of H-pyrrole nitrogens is 1. The zero-order valence-corrected chi connectivity index (χ0v) is 18.1. The molecule has 35 heavy (non-hydrogen) atoms. The molecule has 0 spiro atoms. The Kier molecular flexibility index (Phi) is 5.45. The summed E-state index contributed by atoms with van der Waals surface area (Å²) in [5.74, 6) is -4.71. The summed E-state index contributed by atoms with van der Waals surface area (Å²) in [5, 5.41) is 1.22. The Morgan fingerprint density at radius 1 is 1.09 bits per heavy atom. The molecule has 1 N–H and O–H groups in total. The van der Waals surface area contributed by atoms with E-state index in [4.69, 9.17) is 21.1 Å². The van der Waals surface area contributed by atoms with Crippen LogP contribution >= 0.6 is 11.6 Å². The number of hydrogen-bond donors (Lipinski definition) is 1. The molecule has 0 bridgehead atoms. The first-order valence-electron chi connectivity index (χ1n) is 10.2. The predicted octanol–water partition coefficient (Wildman–Crippen LogP) is 5.07. The normalized spacial score (nSPS) is 20.7. The number of carbonyl (C=O) groups excluding carboxylic acids is 1. The van der Waals surface area contributed by atoms with Crippen LogP contribution in [0.3, 0.4) is 0 Å². The van der Waals surface area contributed by atoms with Crippen LogP contribution in [0.4, 0.5) is 37.1 Å². The number of aromatic amines is 1. The maximum Gasteiger partial charge on any atom is 0.508 e. The number of nitrogens with zero attached hydrogens (tertiary/aromatic N) is 4. The van der Waals surface area contributed by atoms with Gasteiger partial charge in [-0.05, 0) is 30.2 Å². The van der Waals surface area contributed by atoms with Crippen LogP contribution in [-0.2, 0) is 28.2 Å². The van der Waals surface area contributed by atoms with Crippen molar-refractivity contribution in [3.8, 4) is 0 Å². The second-order valence-corrected chi connectivity index (χ2v) is 8.42. The molecule has 1 aromatic carbocycles. The lowest BCUT2D eigenvalue weighted by atomic mass is 9.94. The van der Waals surface area contributed by atoms with Gasteiger partial charge in [0.05, 0.1) is 6.04 Å². The first kappa shape index (κ1) is 23.5. The largest absolute Gasteiger partial charge is 0.508 e. The fourth-order valence-electron chi connectivity index (χ4n) is 4.30. The number of cyclic esters (lactones) is 2. The second-order valence-electron chi connectivity index (χ2n) is 7.98. The number of hydrogen-bond acceptors (Lipinski definition) is 7. The maximum atomic E-state index is 13.4. The van der Waals surface area contributed by atoms with Crippen molar-refractivity contribution < 1.29 is 40.6 Å². The van der Waals surface area contributed by atoms with Gasteiger partial charge in [0.2, 0.25) is 17.6 Å². The van der Waals surface area contributed by atoms with Gasteiger partial charge in [-0.15, -0.1) is 0 Å². The number of benzene rings is 1. The molecule has 0 saturated carbocycles. The van der Waals surface area contributed by atoms with Gasteiger partial charge in [-0.3, -0.25) is 0 Å². The van der Waals surface area contributed by atoms with E-state index in [1.807, 2.05) is 0 Å². The lowest BCUT2D eigenvalue weighted by Crippen LogP contribution is -2.39. The number of nitrogens with one attached hydrogen (secondary N) is 1. The van der Waals surface area contributed by atoms with Crippen molar-refractivity contribution in [2.45, 2.75) is 37.3 Å². The van der Waals surface area contributed by atoms with Gasteiger partial charge in [0.1, 0.15) is 12.7 Å². The molecule has 2 aliphatic heterocycles. The number of alkyl halides is 6. The SMILES string of the molecule is O=C1OC[C@@H](C[C@@H]2c3[nH]c4ccc(Cl)cc4c3CCN2c2nc(C(F)(F)F)nc(C(F)(F)F)n2)O1. The number of ether oxygens (including phenoxy) is 2. The summed E-state index contributed by atoms with van der Waals surface area (Å²) in [4.78, 5) is 25.0. The first-order valence-corrected chi connectivity index (χ1v) is 10.6. The van der Waals surface area contributed by atoms with E-state index < -0.39 is 48.3 Å². The van der Waals surface area contributed by atoms with Crippen LogP contribution in [0.5, 0.6) is 0 Å². The lowest BCUT2D eigenvalue weighted by Gasteiger charge is -2.36. The van der Waals surface area contributed by atoms with Gasteiger partial charge < -0.3 is 19.4 Å². The Bertz CT molecular complexity index is 1280. The summed E-state index contributed by atoms with van der Waals surface area (Å²) in [6.45, 7) is -0.138. The molecule has 2 aliphatic rings. The summed E-state index contributed by atoms with van der Waals surface area (Å²) in [6.07, 6.45) is -11.9. The first-order chi connectivity index (χ1) is 16.4. The highest BCUT2D eigenvalue weighted by Gasteiger charge is 2.44. The van der Waals surface area contributed by atoms with Crippen molar-refractivity contribution in [3.63, 3.8) is 0 Å². The highest BCUT2D eigenvalue weighted by molar-refractivity contribution is 6.31. The average Bonchev–Trinajstić information content (AvgIpc) is 3.35. The molecule has 0 amide bonds. The van der Waals surface area contributed by atoms with Gasteiger partial charge in [0, 0.05) is 34.6 Å². The van der Waals surface area contributed by atoms with Crippen LogP contribution < -0.4 is 4.90 Å². The highest BCUT2D eigenvalue weighted by atomic mass is 35.5. The van der Waals surface area contributed by atoms with E-state index in [-0.39, 0.29) is 26.0 Å². The summed E-state index contributed by atoms with van der Waals surface area (Å²) in [6, 6.07) is 4.20. The molecule has 8 nitrogen and oxygen atoms in total. The van der Waals surface area contributed by atoms with Crippen molar-refractivity contribution in [2.24, 2.45) is 0 Å². The molecule has 1 fully saturated rings. The highest BCUT2D eigenvalue weighted by Crippen LogP contribution is 2.41. The summed E-state index contributed by atoms with van der Waals surface area (Å²) < 4.78 is 90.0.